The van der Waals surface area contributed by atoms with E-state index in [9.17, 15) is 4.79 Å². The molecule has 1 aromatic heterocycles. The molecule has 0 aliphatic rings. The molecule has 5 heteroatoms. The zero-order chi connectivity index (χ0) is 13.5. The standard InChI is InChI=1S/C14H13ClN2O2/c15-11-6-8-16-13(10-11)17-14(18)7-9-19-12-4-2-1-3-5-12/h1-6,8,10H,7,9H2,(H,16,17,18). The molecule has 98 valence electrons. The van der Waals surface area contributed by atoms with E-state index >= 15 is 0 Å². The predicted octanol–water partition coefficient (Wildman–Crippen LogP) is 3.14. The van der Waals surface area contributed by atoms with E-state index in [1.807, 2.05) is 30.3 Å². The van der Waals surface area contributed by atoms with Gasteiger partial charge >= 0.3 is 0 Å². The Morgan fingerprint density at radius 2 is 2.05 bits per heavy atom. The van der Waals surface area contributed by atoms with E-state index < -0.39 is 0 Å². The fraction of sp³-hybridized carbons (Fsp3) is 0.143. The maximum absolute atomic E-state index is 11.6. The summed E-state index contributed by atoms with van der Waals surface area (Å²) in [4.78, 5) is 15.6. The molecule has 0 radical (unpaired) electrons. The number of nitrogens with one attached hydrogen (secondary N) is 1. The topological polar surface area (TPSA) is 51.2 Å². The van der Waals surface area contributed by atoms with Gasteiger partial charge in [0.05, 0.1) is 13.0 Å². The van der Waals surface area contributed by atoms with Gasteiger partial charge < -0.3 is 10.1 Å². The van der Waals surface area contributed by atoms with Crippen LogP contribution in [0.2, 0.25) is 5.02 Å². The highest BCUT2D eigenvalue weighted by Gasteiger charge is 2.04. The van der Waals surface area contributed by atoms with Crippen molar-refractivity contribution in [2.24, 2.45) is 0 Å². The first kappa shape index (κ1) is 13.4. The summed E-state index contributed by atoms with van der Waals surface area (Å²) >= 11 is 5.80. The van der Waals surface area contributed by atoms with Gasteiger partial charge in [0, 0.05) is 11.2 Å². The Hall–Kier alpha value is -2.07. The second-order valence-corrected chi connectivity index (χ2v) is 4.26. The summed E-state index contributed by atoms with van der Waals surface area (Å²) in [6.45, 7) is 0.316. The summed E-state index contributed by atoms with van der Waals surface area (Å²) in [6.07, 6.45) is 1.79. The van der Waals surface area contributed by atoms with Crippen molar-refractivity contribution >= 4 is 23.3 Å². The first-order chi connectivity index (χ1) is 9.24. The van der Waals surface area contributed by atoms with Crippen LogP contribution in [-0.2, 0) is 4.79 Å². The summed E-state index contributed by atoms with van der Waals surface area (Å²) < 4.78 is 5.43. The molecule has 0 aliphatic heterocycles. The molecule has 0 bridgehead atoms. The number of anilines is 1. The van der Waals surface area contributed by atoms with Gasteiger partial charge in [-0.2, -0.15) is 0 Å². The van der Waals surface area contributed by atoms with Crippen molar-refractivity contribution in [3.8, 4) is 5.75 Å². The molecule has 19 heavy (non-hydrogen) atoms. The van der Waals surface area contributed by atoms with Crippen molar-refractivity contribution in [2.45, 2.75) is 6.42 Å². The lowest BCUT2D eigenvalue weighted by molar-refractivity contribution is -0.116. The minimum Gasteiger partial charge on any atom is -0.493 e. The first-order valence-electron chi connectivity index (χ1n) is 5.83. The second kappa shape index (κ2) is 6.75. The molecule has 2 aromatic rings. The average molecular weight is 277 g/mol. The lowest BCUT2D eigenvalue weighted by Crippen LogP contribution is -2.15. The van der Waals surface area contributed by atoms with Gasteiger partial charge in [-0.1, -0.05) is 29.8 Å². The Kier molecular flexibility index (Phi) is 4.75. The van der Waals surface area contributed by atoms with Gasteiger partial charge in [0.1, 0.15) is 11.6 Å². The first-order valence-corrected chi connectivity index (χ1v) is 6.21. The van der Waals surface area contributed by atoms with Gasteiger partial charge in [-0.25, -0.2) is 4.98 Å². The zero-order valence-electron chi connectivity index (χ0n) is 10.2. The van der Waals surface area contributed by atoms with Gasteiger partial charge in [-0.3, -0.25) is 4.79 Å². The monoisotopic (exact) mass is 276 g/mol. The molecule has 1 heterocycles. The van der Waals surface area contributed by atoms with Crippen LogP contribution in [0.3, 0.4) is 0 Å². The SMILES string of the molecule is O=C(CCOc1ccccc1)Nc1cc(Cl)ccn1. The number of rotatable bonds is 5. The molecule has 0 spiro atoms. The van der Waals surface area contributed by atoms with Gasteiger partial charge in [0.15, 0.2) is 0 Å². The van der Waals surface area contributed by atoms with E-state index in [2.05, 4.69) is 10.3 Å². The number of carbonyl (C=O) groups is 1. The Labute approximate surface area is 116 Å². The Morgan fingerprint density at radius 3 is 2.79 bits per heavy atom. The highest BCUT2D eigenvalue weighted by atomic mass is 35.5. The molecule has 2 rings (SSSR count). The lowest BCUT2D eigenvalue weighted by atomic mass is 10.3. The number of hydrogen-bond donors (Lipinski definition) is 1. The van der Waals surface area contributed by atoms with Crippen LogP contribution in [0.1, 0.15) is 6.42 Å². The maximum atomic E-state index is 11.6. The lowest BCUT2D eigenvalue weighted by Gasteiger charge is -2.06. The zero-order valence-corrected chi connectivity index (χ0v) is 10.9. The summed E-state index contributed by atoms with van der Waals surface area (Å²) in [7, 11) is 0. The van der Waals surface area contributed by atoms with Crippen molar-refractivity contribution in [3.63, 3.8) is 0 Å². The Bertz CT molecular complexity index is 546. The predicted molar refractivity (Wildman–Crippen MR) is 74.4 cm³/mol. The van der Waals surface area contributed by atoms with Gasteiger partial charge in [-0.05, 0) is 24.3 Å². The van der Waals surface area contributed by atoms with Gasteiger partial charge in [0.2, 0.25) is 5.91 Å². The number of hydrogen-bond acceptors (Lipinski definition) is 3. The van der Waals surface area contributed by atoms with E-state index in [0.29, 0.717) is 17.4 Å². The van der Waals surface area contributed by atoms with E-state index in [4.69, 9.17) is 16.3 Å². The van der Waals surface area contributed by atoms with Crippen LogP contribution in [0.4, 0.5) is 5.82 Å². The Balaban J connectivity index is 1.76. The molecule has 0 saturated heterocycles. The molecule has 0 aliphatic carbocycles. The van der Waals surface area contributed by atoms with E-state index in [0.717, 1.165) is 5.75 Å². The van der Waals surface area contributed by atoms with Crippen molar-refractivity contribution in [1.29, 1.82) is 0 Å². The number of nitrogens with zero attached hydrogens (tertiary/aromatic N) is 1. The summed E-state index contributed by atoms with van der Waals surface area (Å²) in [5.41, 5.74) is 0. The van der Waals surface area contributed by atoms with Crippen molar-refractivity contribution in [1.82, 2.24) is 4.98 Å². The van der Waals surface area contributed by atoms with E-state index in [1.54, 1.807) is 18.3 Å². The van der Waals surface area contributed by atoms with Crippen LogP contribution in [-0.4, -0.2) is 17.5 Å². The number of para-hydroxylation sites is 1. The molecule has 0 fully saturated rings. The molecule has 0 unspecified atom stereocenters. The third-order valence-corrected chi connectivity index (χ3v) is 2.57. The van der Waals surface area contributed by atoms with E-state index in [1.165, 1.54) is 0 Å². The van der Waals surface area contributed by atoms with Crippen molar-refractivity contribution in [2.75, 3.05) is 11.9 Å². The maximum Gasteiger partial charge on any atom is 0.228 e. The number of carbonyl (C=O) groups excluding carboxylic acids is 1. The van der Waals surface area contributed by atoms with E-state index in [-0.39, 0.29) is 12.3 Å². The molecule has 0 saturated carbocycles. The van der Waals surface area contributed by atoms with Crippen LogP contribution in [0, 0.1) is 0 Å². The molecule has 1 N–H and O–H groups in total. The fourth-order valence-corrected chi connectivity index (χ4v) is 1.62. The number of amides is 1. The van der Waals surface area contributed by atoms with Crippen LogP contribution in [0.15, 0.2) is 48.7 Å². The van der Waals surface area contributed by atoms with Crippen LogP contribution < -0.4 is 10.1 Å². The quantitative estimate of drug-likeness (QED) is 0.913. The highest BCUT2D eigenvalue weighted by molar-refractivity contribution is 6.30. The average Bonchev–Trinajstić information content (AvgIpc) is 2.40. The second-order valence-electron chi connectivity index (χ2n) is 3.82. The highest BCUT2D eigenvalue weighted by Crippen LogP contribution is 2.12. The van der Waals surface area contributed by atoms with Gasteiger partial charge in [0.25, 0.3) is 0 Å². The summed E-state index contributed by atoms with van der Waals surface area (Å²) in [5, 5.41) is 3.19. The molecule has 1 aromatic carbocycles. The van der Waals surface area contributed by atoms with Crippen LogP contribution in [0.25, 0.3) is 0 Å². The fourth-order valence-electron chi connectivity index (χ4n) is 1.46. The minimum absolute atomic E-state index is 0.161. The molecule has 0 atom stereocenters. The number of benzene rings is 1. The number of pyridine rings is 1. The third kappa shape index (κ3) is 4.60. The smallest absolute Gasteiger partial charge is 0.228 e. The number of aromatic nitrogens is 1. The normalized spacial score (nSPS) is 9.95. The summed E-state index contributed by atoms with van der Waals surface area (Å²) in [5.74, 6) is 1.03. The van der Waals surface area contributed by atoms with Gasteiger partial charge in [-0.15, -0.1) is 0 Å². The molecule has 4 nitrogen and oxygen atoms in total. The largest absolute Gasteiger partial charge is 0.493 e. The van der Waals surface area contributed by atoms with Crippen molar-refractivity contribution in [3.05, 3.63) is 53.7 Å². The molecule has 1 amide bonds. The number of halogens is 1. The van der Waals surface area contributed by atoms with Crippen LogP contribution >= 0.6 is 11.6 Å². The number of ether oxygens (including phenoxy) is 1. The Morgan fingerprint density at radius 1 is 1.26 bits per heavy atom. The molecular weight excluding hydrogens is 264 g/mol. The third-order valence-electron chi connectivity index (χ3n) is 2.33. The van der Waals surface area contributed by atoms with Crippen LogP contribution in [0.5, 0.6) is 5.75 Å². The summed E-state index contributed by atoms with van der Waals surface area (Å²) in [6, 6.07) is 12.6. The van der Waals surface area contributed by atoms with Crippen molar-refractivity contribution < 1.29 is 9.53 Å². The minimum atomic E-state index is -0.161. The molecular formula is C14H13ClN2O2.